The van der Waals surface area contributed by atoms with Crippen LogP contribution in [0, 0.1) is 11.8 Å². The van der Waals surface area contributed by atoms with E-state index in [0.29, 0.717) is 24.7 Å². The Labute approximate surface area is 97.7 Å². The maximum absolute atomic E-state index is 9.65. The van der Waals surface area contributed by atoms with Crippen LogP contribution in [-0.4, -0.2) is 45.7 Å². The lowest BCUT2D eigenvalue weighted by atomic mass is 9.79. The van der Waals surface area contributed by atoms with Crippen molar-refractivity contribution < 1.29 is 10.2 Å². The van der Waals surface area contributed by atoms with Crippen LogP contribution in [0.2, 0.25) is 0 Å². The van der Waals surface area contributed by atoms with Crippen LogP contribution < -0.4 is 4.90 Å². The van der Waals surface area contributed by atoms with Crippen LogP contribution in [0.15, 0.2) is 5.51 Å². The molecular formula is C10H15N3O2S. The molecule has 0 amide bonds. The quantitative estimate of drug-likeness (QED) is 0.730. The molecule has 0 aromatic carbocycles. The lowest BCUT2D eigenvalue weighted by Crippen LogP contribution is -2.38. The molecule has 1 aromatic rings. The van der Waals surface area contributed by atoms with Gasteiger partial charge in [-0.1, -0.05) is 11.3 Å². The third-order valence-corrected chi connectivity index (χ3v) is 4.48. The van der Waals surface area contributed by atoms with E-state index in [1.54, 1.807) is 16.8 Å². The van der Waals surface area contributed by atoms with Crippen molar-refractivity contribution in [3.63, 3.8) is 0 Å². The fourth-order valence-electron chi connectivity index (χ4n) is 2.87. The van der Waals surface area contributed by atoms with E-state index in [1.807, 2.05) is 0 Å². The van der Waals surface area contributed by atoms with Crippen molar-refractivity contribution in [2.24, 2.45) is 11.8 Å². The van der Waals surface area contributed by atoms with E-state index in [2.05, 4.69) is 15.1 Å². The number of anilines is 1. The molecule has 2 aliphatic rings. The number of rotatable bonds is 1. The van der Waals surface area contributed by atoms with Crippen LogP contribution in [0.1, 0.15) is 12.8 Å². The van der Waals surface area contributed by atoms with Gasteiger partial charge in [-0.15, -0.1) is 10.2 Å². The smallest absolute Gasteiger partial charge is 0.208 e. The third-order valence-electron chi connectivity index (χ3n) is 3.73. The Morgan fingerprint density at radius 2 is 1.81 bits per heavy atom. The fraction of sp³-hybridized carbons (Fsp3) is 0.800. The van der Waals surface area contributed by atoms with Crippen LogP contribution in [0.5, 0.6) is 0 Å². The summed E-state index contributed by atoms with van der Waals surface area (Å²) in [4.78, 5) is 2.22. The van der Waals surface area contributed by atoms with E-state index >= 15 is 0 Å². The van der Waals surface area contributed by atoms with Crippen molar-refractivity contribution in [2.45, 2.75) is 25.0 Å². The summed E-state index contributed by atoms with van der Waals surface area (Å²) in [6, 6.07) is 0. The normalized spacial score (nSPS) is 38.8. The predicted octanol–water partition coefficient (Wildman–Crippen LogP) is 0.106. The zero-order valence-corrected chi connectivity index (χ0v) is 9.68. The van der Waals surface area contributed by atoms with Crippen molar-refractivity contribution in [1.29, 1.82) is 0 Å². The largest absolute Gasteiger partial charge is 0.390 e. The summed E-state index contributed by atoms with van der Waals surface area (Å²) < 4.78 is 0. The van der Waals surface area contributed by atoms with Gasteiger partial charge in [0.1, 0.15) is 5.51 Å². The summed E-state index contributed by atoms with van der Waals surface area (Å²) in [5, 5.41) is 28.2. The van der Waals surface area contributed by atoms with Gasteiger partial charge in [0.25, 0.3) is 0 Å². The Morgan fingerprint density at radius 1 is 1.19 bits per heavy atom. The van der Waals surface area contributed by atoms with Gasteiger partial charge in [-0.2, -0.15) is 0 Å². The summed E-state index contributed by atoms with van der Waals surface area (Å²) in [6.07, 6.45) is 0.327. The molecule has 16 heavy (non-hydrogen) atoms. The summed E-state index contributed by atoms with van der Waals surface area (Å²) in [5.41, 5.74) is 1.74. The number of fused-ring (bicyclic) bond motifs is 1. The molecule has 0 unspecified atom stereocenters. The van der Waals surface area contributed by atoms with Gasteiger partial charge in [-0.05, 0) is 24.7 Å². The van der Waals surface area contributed by atoms with Gasteiger partial charge in [0, 0.05) is 13.1 Å². The minimum atomic E-state index is -0.546. The minimum absolute atomic E-state index is 0.488. The Morgan fingerprint density at radius 3 is 2.31 bits per heavy atom. The van der Waals surface area contributed by atoms with Crippen LogP contribution >= 0.6 is 11.3 Å². The van der Waals surface area contributed by atoms with Gasteiger partial charge < -0.3 is 15.1 Å². The number of aliphatic hydroxyl groups excluding tert-OH is 2. The molecule has 1 saturated carbocycles. The topological polar surface area (TPSA) is 69.5 Å². The molecule has 1 saturated heterocycles. The van der Waals surface area contributed by atoms with E-state index in [9.17, 15) is 10.2 Å². The zero-order valence-electron chi connectivity index (χ0n) is 8.86. The van der Waals surface area contributed by atoms with Crippen LogP contribution in [0.4, 0.5) is 5.13 Å². The Kier molecular flexibility index (Phi) is 2.57. The highest BCUT2D eigenvalue weighted by Gasteiger charge is 2.41. The second-order valence-electron chi connectivity index (χ2n) is 4.75. The first-order valence-electron chi connectivity index (χ1n) is 5.61. The maximum Gasteiger partial charge on any atom is 0.208 e. The molecule has 0 bridgehead atoms. The molecule has 1 aromatic heterocycles. The molecule has 88 valence electrons. The van der Waals surface area contributed by atoms with Crippen molar-refractivity contribution >= 4 is 16.5 Å². The minimum Gasteiger partial charge on any atom is -0.390 e. The SMILES string of the molecule is O[C@H]1C[C@@H]2CN(c3nncs3)C[C@@H]2C[C@@H]1O. The standard InChI is InChI=1S/C10H15N3O2S/c14-8-1-6-3-13(10-12-11-5-16-10)4-7(6)2-9(8)15/h5-9,14-15H,1-4H2/t6-,7+,8-,9-/m0/s1. The number of aromatic nitrogens is 2. The molecule has 3 rings (SSSR count). The third kappa shape index (κ3) is 1.70. The monoisotopic (exact) mass is 241 g/mol. The average Bonchev–Trinajstić information content (AvgIpc) is 2.86. The van der Waals surface area contributed by atoms with Gasteiger partial charge in [-0.3, -0.25) is 0 Å². The number of nitrogens with zero attached hydrogens (tertiary/aromatic N) is 3. The summed E-state index contributed by atoms with van der Waals surface area (Å²) in [5.74, 6) is 0.976. The molecule has 2 fully saturated rings. The highest BCUT2D eigenvalue weighted by Crippen LogP contribution is 2.38. The first kappa shape index (κ1) is 10.4. The molecule has 2 N–H and O–H groups in total. The van der Waals surface area contributed by atoms with Crippen molar-refractivity contribution in [3.8, 4) is 0 Å². The maximum atomic E-state index is 9.65. The van der Waals surface area contributed by atoms with Crippen LogP contribution in [0.25, 0.3) is 0 Å². The summed E-state index contributed by atoms with van der Waals surface area (Å²) in [6.45, 7) is 1.87. The molecule has 0 spiro atoms. The lowest BCUT2D eigenvalue weighted by Gasteiger charge is -2.31. The first-order valence-corrected chi connectivity index (χ1v) is 6.49. The Bertz CT molecular complexity index is 341. The van der Waals surface area contributed by atoms with Crippen LogP contribution in [0.3, 0.4) is 0 Å². The van der Waals surface area contributed by atoms with Gasteiger partial charge in [0.05, 0.1) is 12.2 Å². The fourth-order valence-corrected chi connectivity index (χ4v) is 3.45. The predicted molar refractivity (Wildman–Crippen MR) is 60.3 cm³/mol. The van der Waals surface area contributed by atoms with E-state index in [1.165, 1.54) is 0 Å². The number of hydrogen-bond acceptors (Lipinski definition) is 6. The average molecular weight is 241 g/mol. The van der Waals surface area contributed by atoms with Gasteiger partial charge in [-0.25, -0.2) is 0 Å². The molecular weight excluding hydrogens is 226 g/mol. The van der Waals surface area contributed by atoms with E-state index < -0.39 is 12.2 Å². The van der Waals surface area contributed by atoms with Gasteiger partial charge in [0.15, 0.2) is 0 Å². The highest BCUT2D eigenvalue weighted by molar-refractivity contribution is 7.13. The number of aliphatic hydroxyl groups is 2. The van der Waals surface area contributed by atoms with E-state index in [-0.39, 0.29) is 0 Å². The van der Waals surface area contributed by atoms with E-state index in [4.69, 9.17) is 0 Å². The molecule has 2 heterocycles. The van der Waals surface area contributed by atoms with E-state index in [0.717, 1.165) is 18.2 Å². The van der Waals surface area contributed by atoms with Crippen molar-refractivity contribution in [3.05, 3.63) is 5.51 Å². The second-order valence-corrected chi connectivity index (χ2v) is 5.56. The molecule has 4 atom stereocenters. The van der Waals surface area contributed by atoms with Crippen LogP contribution in [-0.2, 0) is 0 Å². The van der Waals surface area contributed by atoms with Gasteiger partial charge in [0.2, 0.25) is 5.13 Å². The second kappa shape index (κ2) is 3.94. The summed E-state index contributed by atoms with van der Waals surface area (Å²) >= 11 is 1.55. The van der Waals surface area contributed by atoms with Crippen molar-refractivity contribution in [1.82, 2.24) is 10.2 Å². The number of hydrogen-bond donors (Lipinski definition) is 2. The van der Waals surface area contributed by atoms with Crippen molar-refractivity contribution in [2.75, 3.05) is 18.0 Å². The Balaban J connectivity index is 1.72. The Hall–Kier alpha value is -0.720. The molecule has 1 aliphatic carbocycles. The van der Waals surface area contributed by atoms with Gasteiger partial charge >= 0.3 is 0 Å². The lowest BCUT2D eigenvalue weighted by molar-refractivity contribution is -0.0372. The summed E-state index contributed by atoms with van der Waals surface area (Å²) in [7, 11) is 0. The molecule has 5 nitrogen and oxygen atoms in total. The molecule has 6 heteroatoms. The first-order chi connectivity index (χ1) is 7.74. The zero-order chi connectivity index (χ0) is 11.1. The molecule has 1 aliphatic heterocycles. The highest BCUT2D eigenvalue weighted by atomic mass is 32.1. The molecule has 0 radical (unpaired) electrons.